The van der Waals surface area contributed by atoms with Crippen molar-refractivity contribution in [3.8, 4) is 5.75 Å². The second kappa shape index (κ2) is 12.4. The normalized spacial score (nSPS) is 8.24. The average molecular weight is 246 g/mol. The highest BCUT2D eigenvalue weighted by atomic mass is 16.4. The van der Waals surface area contributed by atoms with E-state index in [4.69, 9.17) is 25.5 Å². The number of aromatic hydroxyl groups is 1. The zero-order valence-electron chi connectivity index (χ0n) is 9.58. The maximum absolute atomic E-state index is 10.2. The van der Waals surface area contributed by atoms with Gasteiger partial charge in [-0.15, -0.1) is 0 Å². The van der Waals surface area contributed by atoms with Gasteiger partial charge in [-0.05, 0) is 31.2 Å². The predicted molar refractivity (Wildman–Crippen MR) is 62.0 cm³/mol. The summed E-state index contributed by atoms with van der Waals surface area (Å²) in [5.74, 6) is -0.912. The molecule has 5 N–H and O–H groups in total. The number of hydrogen-bond acceptors (Lipinski definition) is 5. The molecule has 0 bridgehead atoms. The Morgan fingerprint density at radius 1 is 1.06 bits per heavy atom. The standard InChI is InChI=1S/C7H6O3.C2H6O2.C2H6O/c8-6-3-1-5(2-4-6)7(9)10;3-1-2-4;1-2-3/h1-4,8H,(H,9,10);3-4H,1-2H2;3H,2H2,1H3. The topological polar surface area (TPSA) is 118 Å². The Balaban J connectivity index is 0. The summed E-state index contributed by atoms with van der Waals surface area (Å²) in [7, 11) is 0. The molecule has 98 valence electrons. The van der Waals surface area contributed by atoms with Crippen molar-refractivity contribution in [2.75, 3.05) is 19.8 Å². The lowest BCUT2D eigenvalue weighted by molar-refractivity contribution is 0.0697. The van der Waals surface area contributed by atoms with Crippen molar-refractivity contribution in [2.45, 2.75) is 6.92 Å². The highest BCUT2D eigenvalue weighted by Crippen LogP contribution is 2.08. The summed E-state index contributed by atoms with van der Waals surface area (Å²) in [6.45, 7) is 1.68. The van der Waals surface area contributed by atoms with Crippen molar-refractivity contribution in [1.82, 2.24) is 0 Å². The number of aliphatic hydroxyl groups is 3. The number of aliphatic hydroxyl groups excluding tert-OH is 3. The highest BCUT2D eigenvalue weighted by Gasteiger charge is 1.99. The summed E-state index contributed by atoms with van der Waals surface area (Å²) in [6.07, 6.45) is 0. The SMILES string of the molecule is CCO.O=C(O)c1ccc(O)cc1.OCCO. The Morgan fingerprint density at radius 2 is 1.41 bits per heavy atom. The summed E-state index contributed by atoms with van der Waals surface area (Å²) in [5.41, 5.74) is 0.179. The van der Waals surface area contributed by atoms with Gasteiger partial charge in [-0.25, -0.2) is 4.79 Å². The second-order valence-electron chi connectivity index (χ2n) is 2.62. The lowest BCUT2D eigenvalue weighted by Crippen LogP contribution is -1.93. The Hall–Kier alpha value is -1.63. The van der Waals surface area contributed by atoms with E-state index in [-0.39, 0.29) is 31.1 Å². The Morgan fingerprint density at radius 3 is 1.65 bits per heavy atom. The van der Waals surface area contributed by atoms with Gasteiger partial charge in [0.1, 0.15) is 5.75 Å². The molecule has 6 nitrogen and oxygen atoms in total. The zero-order chi connectivity index (χ0) is 13.7. The predicted octanol–water partition coefficient (Wildman–Crippen LogP) is 0.0600. The number of carbonyl (C=O) groups is 1. The molecule has 0 amide bonds. The number of benzene rings is 1. The third-order valence-electron chi connectivity index (χ3n) is 1.21. The molecule has 1 aromatic rings. The minimum Gasteiger partial charge on any atom is -0.508 e. The van der Waals surface area contributed by atoms with Crippen LogP contribution in [-0.2, 0) is 0 Å². The van der Waals surface area contributed by atoms with E-state index in [0.29, 0.717) is 0 Å². The molecule has 1 aromatic carbocycles. The molecule has 0 spiro atoms. The molecule has 0 aliphatic carbocycles. The number of carboxylic acids is 1. The lowest BCUT2D eigenvalue weighted by Gasteiger charge is -1.92. The highest BCUT2D eigenvalue weighted by molar-refractivity contribution is 5.87. The van der Waals surface area contributed by atoms with E-state index in [9.17, 15) is 4.79 Å². The van der Waals surface area contributed by atoms with Gasteiger partial charge in [0.25, 0.3) is 0 Å². The molecular formula is C11H18O6. The van der Waals surface area contributed by atoms with Gasteiger partial charge < -0.3 is 25.5 Å². The van der Waals surface area contributed by atoms with Gasteiger partial charge in [0, 0.05) is 6.61 Å². The molecule has 0 unspecified atom stereocenters. The number of aromatic carboxylic acids is 1. The second-order valence-corrected chi connectivity index (χ2v) is 2.62. The van der Waals surface area contributed by atoms with Crippen LogP contribution in [0.25, 0.3) is 0 Å². The largest absolute Gasteiger partial charge is 0.508 e. The van der Waals surface area contributed by atoms with E-state index in [0.717, 1.165) is 0 Å². The zero-order valence-corrected chi connectivity index (χ0v) is 9.58. The van der Waals surface area contributed by atoms with E-state index in [1.807, 2.05) is 0 Å². The van der Waals surface area contributed by atoms with Gasteiger partial charge in [-0.1, -0.05) is 0 Å². The van der Waals surface area contributed by atoms with Crippen molar-refractivity contribution < 1.29 is 30.3 Å². The molecule has 0 aliphatic heterocycles. The number of rotatable bonds is 2. The first-order valence-corrected chi connectivity index (χ1v) is 4.88. The molecule has 1 rings (SSSR count). The molecule has 0 saturated carbocycles. The van der Waals surface area contributed by atoms with Crippen LogP contribution in [0.2, 0.25) is 0 Å². The minimum atomic E-state index is -0.986. The molecule has 0 atom stereocenters. The first kappa shape index (κ1) is 17.8. The summed E-state index contributed by atoms with van der Waals surface area (Å²) in [5, 5.41) is 40.0. The van der Waals surface area contributed by atoms with Crippen molar-refractivity contribution in [2.24, 2.45) is 0 Å². The van der Waals surface area contributed by atoms with Crippen LogP contribution in [-0.4, -0.2) is 51.3 Å². The van der Waals surface area contributed by atoms with Crippen LogP contribution in [0, 0.1) is 0 Å². The van der Waals surface area contributed by atoms with Crippen molar-refractivity contribution >= 4 is 5.97 Å². The molecular weight excluding hydrogens is 228 g/mol. The van der Waals surface area contributed by atoms with E-state index < -0.39 is 5.97 Å². The maximum atomic E-state index is 10.2. The van der Waals surface area contributed by atoms with Gasteiger partial charge in [0.05, 0.1) is 18.8 Å². The van der Waals surface area contributed by atoms with Gasteiger partial charge in [0.2, 0.25) is 0 Å². The fourth-order valence-corrected chi connectivity index (χ4v) is 0.604. The fourth-order valence-electron chi connectivity index (χ4n) is 0.604. The van der Waals surface area contributed by atoms with Crippen LogP contribution in [0.15, 0.2) is 24.3 Å². The van der Waals surface area contributed by atoms with Gasteiger partial charge >= 0.3 is 5.97 Å². The van der Waals surface area contributed by atoms with Gasteiger partial charge in [-0.2, -0.15) is 0 Å². The third-order valence-corrected chi connectivity index (χ3v) is 1.21. The third kappa shape index (κ3) is 12.3. The number of hydrogen-bond donors (Lipinski definition) is 5. The van der Waals surface area contributed by atoms with E-state index in [2.05, 4.69) is 0 Å². The minimum absolute atomic E-state index is 0.0741. The molecule has 0 heterocycles. The van der Waals surface area contributed by atoms with Crippen LogP contribution in [0.3, 0.4) is 0 Å². The summed E-state index contributed by atoms with van der Waals surface area (Å²) >= 11 is 0. The van der Waals surface area contributed by atoms with E-state index in [1.165, 1.54) is 24.3 Å². The Bertz CT molecular complexity index is 281. The first-order chi connectivity index (χ1) is 8.03. The summed E-state index contributed by atoms with van der Waals surface area (Å²) in [6, 6.07) is 5.36. The maximum Gasteiger partial charge on any atom is 0.335 e. The van der Waals surface area contributed by atoms with Crippen LogP contribution < -0.4 is 0 Å². The Labute approximate surface area is 99.4 Å². The fraction of sp³-hybridized carbons (Fsp3) is 0.364. The Kier molecular flexibility index (Phi) is 13.0. The smallest absolute Gasteiger partial charge is 0.335 e. The molecule has 0 radical (unpaired) electrons. The molecule has 0 saturated heterocycles. The molecule has 6 heteroatoms. The molecule has 0 aliphatic rings. The average Bonchev–Trinajstić information content (AvgIpc) is 2.31. The number of phenols is 1. The first-order valence-electron chi connectivity index (χ1n) is 4.88. The van der Waals surface area contributed by atoms with Crippen molar-refractivity contribution in [1.29, 1.82) is 0 Å². The van der Waals surface area contributed by atoms with Crippen LogP contribution in [0.1, 0.15) is 17.3 Å². The molecule has 0 aromatic heterocycles. The van der Waals surface area contributed by atoms with Crippen molar-refractivity contribution in [3.63, 3.8) is 0 Å². The molecule has 17 heavy (non-hydrogen) atoms. The quantitative estimate of drug-likeness (QED) is 0.503. The number of carboxylic acid groups (broad SMARTS) is 1. The van der Waals surface area contributed by atoms with Crippen LogP contribution >= 0.6 is 0 Å². The lowest BCUT2D eigenvalue weighted by atomic mass is 10.2. The number of phenolic OH excluding ortho intramolecular Hbond substituents is 1. The van der Waals surface area contributed by atoms with E-state index in [1.54, 1.807) is 6.92 Å². The van der Waals surface area contributed by atoms with Gasteiger partial charge in [-0.3, -0.25) is 0 Å². The van der Waals surface area contributed by atoms with Crippen molar-refractivity contribution in [3.05, 3.63) is 29.8 Å². The van der Waals surface area contributed by atoms with Gasteiger partial charge in [0.15, 0.2) is 0 Å². The monoisotopic (exact) mass is 246 g/mol. The van der Waals surface area contributed by atoms with Crippen LogP contribution in [0.4, 0.5) is 0 Å². The molecule has 0 fully saturated rings. The van der Waals surface area contributed by atoms with E-state index >= 15 is 0 Å². The summed E-state index contributed by atoms with van der Waals surface area (Å²) < 4.78 is 0. The summed E-state index contributed by atoms with van der Waals surface area (Å²) in [4.78, 5) is 10.2. The van der Waals surface area contributed by atoms with Crippen LogP contribution in [0.5, 0.6) is 5.75 Å².